The van der Waals surface area contributed by atoms with E-state index in [2.05, 4.69) is 58.1 Å². The van der Waals surface area contributed by atoms with Crippen LogP contribution in [0.15, 0.2) is 150 Å². The quantitative estimate of drug-likeness (QED) is 0.0150. The third-order valence-electron chi connectivity index (χ3n) is 16.9. The third kappa shape index (κ3) is 20.7. The summed E-state index contributed by atoms with van der Waals surface area (Å²) in [6, 6.07) is 29.0. The van der Waals surface area contributed by atoms with Crippen LogP contribution in [0.1, 0.15) is 112 Å². The SMILES string of the molecule is COc1cc(CC(=O)N[C@@H](Cc2ccccc2)C(=O)N[C@@H](Cc2ccc(C(F)(F)P(=O)(O)O)cc2)C(=O)N[C@@H](CCCCNC(=O)c2ccc(C)c(Br)c2)C(=O)NCc2ccc(C(=O)N[C@H](C(=O)N3C[C@H](O)C[C@H]3C(=O)NCc3ccc(-c4scnc4C)cc3)C(C)(C)C)cc2)ccc1O. The van der Waals surface area contributed by atoms with Gasteiger partial charge in [0.05, 0.1) is 35.7 Å². The minimum atomic E-state index is -5.99. The molecule has 0 spiro atoms. The molecular formula is C72H81BrF2N9O14PS. The molecule has 0 aliphatic carbocycles. The number of carbonyl (C=O) groups is 8. The fourth-order valence-electron chi connectivity index (χ4n) is 11.2. The zero-order valence-electron chi connectivity index (χ0n) is 55.9. The van der Waals surface area contributed by atoms with E-state index in [9.17, 15) is 71.7 Å². The molecule has 6 aromatic carbocycles. The van der Waals surface area contributed by atoms with Gasteiger partial charge in [-0.15, -0.1) is 11.3 Å². The Hall–Kier alpha value is -9.24. The van der Waals surface area contributed by atoms with Crippen LogP contribution in [-0.4, -0.2) is 134 Å². The summed E-state index contributed by atoms with van der Waals surface area (Å²) in [4.78, 5) is 139. The predicted octanol–water partition coefficient (Wildman–Crippen LogP) is 7.95. The smallest absolute Gasteiger partial charge is 0.399 e. The van der Waals surface area contributed by atoms with Crippen LogP contribution in [0.25, 0.3) is 10.4 Å². The Kier molecular flexibility index (Phi) is 26.2. The Labute approximate surface area is 590 Å². The fourth-order valence-corrected chi connectivity index (χ4v) is 12.9. The van der Waals surface area contributed by atoms with Crippen molar-refractivity contribution in [2.45, 2.75) is 135 Å². The lowest BCUT2D eigenvalue weighted by molar-refractivity contribution is -0.142. The maximum atomic E-state index is 14.9. The Morgan fingerprint density at radius 2 is 1.28 bits per heavy atom. The zero-order chi connectivity index (χ0) is 72.6. The van der Waals surface area contributed by atoms with Crippen molar-refractivity contribution in [2.24, 2.45) is 5.41 Å². The predicted molar refractivity (Wildman–Crippen MR) is 375 cm³/mol. The van der Waals surface area contributed by atoms with Crippen LogP contribution in [0.2, 0.25) is 0 Å². The summed E-state index contributed by atoms with van der Waals surface area (Å²) in [6.45, 7) is 9.10. The first-order chi connectivity index (χ1) is 47.4. The highest BCUT2D eigenvalue weighted by atomic mass is 79.9. The van der Waals surface area contributed by atoms with Gasteiger partial charge in [-0.2, -0.15) is 8.78 Å². The van der Waals surface area contributed by atoms with E-state index in [1.54, 1.807) is 86.9 Å². The molecule has 2 heterocycles. The number of aliphatic hydroxyl groups is 1. The lowest BCUT2D eigenvalue weighted by atomic mass is 9.85. The van der Waals surface area contributed by atoms with E-state index >= 15 is 0 Å². The number of unbranched alkanes of at least 4 members (excludes halogenated alkanes) is 1. The molecule has 8 rings (SSSR count). The number of hydrogen-bond donors (Lipinski definition) is 11. The van der Waals surface area contributed by atoms with Gasteiger partial charge < -0.3 is 66.9 Å². The van der Waals surface area contributed by atoms with Crippen LogP contribution < -0.4 is 42.0 Å². The molecule has 100 heavy (non-hydrogen) atoms. The minimum Gasteiger partial charge on any atom is -0.504 e. The van der Waals surface area contributed by atoms with E-state index in [0.717, 1.165) is 56.0 Å². The Bertz CT molecular complexity index is 4120. The first-order valence-electron chi connectivity index (χ1n) is 32.2. The van der Waals surface area contributed by atoms with Gasteiger partial charge in [-0.1, -0.05) is 140 Å². The van der Waals surface area contributed by atoms with Crippen molar-refractivity contribution in [2.75, 3.05) is 20.2 Å². The molecule has 0 saturated carbocycles. The molecular weight excluding hydrogens is 1400 g/mol. The number of nitrogens with zero attached hydrogens (tertiary/aromatic N) is 2. The number of carbonyl (C=O) groups excluding carboxylic acids is 8. The number of ether oxygens (including phenoxy) is 1. The van der Waals surface area contributed by atoms with Crippen molar-refractivity contribution in [1.82, 2.24) is 47.1 Å². The summed E-state index contributed by atoms with van der Waals surface area (Å²) in [7, 11) is -4.65. The molecule has 530 valence electrons. The topological polar surface area (TPSA) is 344 Å². The van der Waals surface area contributed by atoms with Gasteiger partial charge in [0.1, 0.15) is 30.2 Å². The van der Waals surface area contributed by atoms with E-state index < -0.39 is 108 Å². The average Bonchev–Trinajstić information content (AvgIpc) is 1.33. The van der Waals surface area contributed by atoms with E-state index in [1.165, 1.54) is 53.7 Å². The van der Waals surface area contributed by atoms with Crippen LogP contribution in [0, 0.1) is 19.3 Å². The number of phenols is 1. The number of likely N-dealkylation sites (tertiary alicyclic amines) is 1. The van der Waals surface area contributed by atoms with Gasteiger partial charge in [0.25, 0.3) is 11.8 Å². The molecule has 8 amide bonds. The Balaban J connectivity index is 0.981. The van der Waals surface area contributed by atoms with Gasteiger partial charge in [-0.05, 0) is 114 Å². The number of methoxy groups -OCH3 is 1. The summed E-state index contributed by atoms with van der Waals surface area (Å²) in [5, 5.41) is 40.6. The number of benzene rings is 6. The molecule has 7 aromatic rings. The van der Waals surface area contributed by atoms with E-state index in [4.69, 9.17) is 4.74 Å². The molecule has 23 nitrogen and oxygen atoms in total. The number of aryl methyl sites for hydroxylation is 2. The molecule has 0 unspecified atom stereocenters. The number of alkyl halides is 2. The van der Waals surface area contributed by atoms with Crippen LogP contribution in [0.3, 0.4) is 0 Å². The number of thiazole rings is 1. The molecule has 1 aromatic heterocycles. The largest absolute Gasteiger partial charge is 0.504 e. The number of aromatic hydroxyl groups is 1. The molecule has 0 radical (unpaired) electrons. The lowest BCUT2D eigenvalue weighted by Crippen LogP contribution is -2.57. The van der Waals surface area contributed by atoms with Crippen molar-refractivity contribution in [1.29, 1.82) is 0 Å². The summed E-state index contributed by atoms with van der Waals surface area (Å²) < 4.78 is 47.5. The molecule has 1 saturated heterocycles. The minimum absolute atomic E-state index is 0.0145. The van der Waals surface area contributed by atoms with Crippen molar-refractivity contribution in [3.8, 4) is 21.9 Å². The number of hydrogen-bond acceptors (Lipinski definition) is 14. The number of amides is 8. The third-order valence-corrected chi connectivity index (χ3v) is 19.7. The molecule has 11 N–H and O–H groups in total. The summed E-state index contributed by atoms with van der Waals surface area (Å²) in [5.41, 5.74) is 1.09. The zero-order valence-corrected chi connectivity index (χ0v) is 59.2. The Morgan fingerprint density at radius 1 is 0.690 bits per heavy atom. The van der Waals surface area contributed by atoms with E-state index in [-0.39, 0.29) is 86.8 Å². The summed E-state index contributed by atoms with van der Waals surface area (Å²) >= 11 is 4.97. The standard InChI is InChI=1S/C72H81BrF2N9O14PS/c1-42-15-23-51(36-54(42)73)64(88)76-31-11-10-14-55(81-68(92)57(33-45-20-28-52(29-21-45)72(74,75)99(95,96)97)82-67(91)56(32-44-12-8-7-9-13-44)80-61(87)35-48-22-30-59(86)60(34-48)98-6)66(90)77-38-47-18-26-50(27-19-47)65(89)83-63(71(3,4)5)70(94)84-40-53(85)37-58(84)69(93)78-39-46-16-24-49(25-17-46)62-43(2)79-41-100-62/h7-9,12-13,15-30,34,36,41,53,55-58,63,85-86H,10-11,14,31-33,35,37-40H2,1-6H3,(H,76,88)(H,77,90)(H,78,93)(H,80,87)(H,81,92)(H,82,91)(H,83,89)(H2,95,96,97)/t53-,55+,56+,57+,58+,63-/m1/s1. The van der Waals surface area contributed by atoms with Crippen molar-refractivity contribution < 1.29 is 76.4 Å². The molecule has 1 fully saturated rings. The monoisotopic (exact) mass is 1480 g/mol. The summed E-state index contributed by atoms with van der Waals surface area (Å²) in [5.74, 6) is -5.27. The Morgan fingerprint density at radius 3 is 1.89 bits per heavy atom. The van der Waals surface area contributed by atoms with E-state index in [1.807, 2.05) is 38.1 Å². The van der Waals surface area contributed by atoms with Crippen LogP contribution >= 0.6 is 34.9 Å². The number of aliphatic hydroxyl groups excluding tert-OH is 1. The van der Waals surface area contributed by atoms with Gasteiger partial charge in [0.15, 0.2) is 11.5 Å². The summed E-state index contributed by atoms with van der Waals surface area (Å²) in [6.07, 6.45) is -1.32. The van der Waals surface area contributed by atoms with Crippen molar-refractivity contribution >= 4 is 82.1 Å². The number of halogens is 3. The van der Waals surface area contributed by atoms with Gasteiger partial charge in [0, 0.05) is 66.6 Å². The van der Waals surface area contributed by atoms with Gasteiger partial charge >= 0.3 is 13.3 Å². The first-order valence-corrected chi connectivity index (χ1v) is 35.5. The van der Waals surface area contributed by atoms with Crippen LogP contribution in [0.4, 0.5) is 8.78 Å². The van der Waals surface area contributed by atoms with E-state index in [0.29, 0.717) is 28.7 Å². The number of aromatic nitrogens is 1. The average molecular weight is 1480 g/mol. The highest BCUT2D eigenvalue weighted by Gasteiger charge is 2.50. The molecule has 1 aliphatic heterocycles. The molecule has 1 aliphatic rings. The highest BCUT2D eigenvalue weighted by molar-refractivity contribution is 9.10. The maximum Gasteiger partial charge on any atom is 0.399 e. The van der Waals surface area contributed by atoms with Crippen LogP contribution in [-0.2, 0) is 71.3 Å². The second-order valence-electron chi connectivity index (χ2n) is 25.6. The lowest BCUT2D eigenvalue weighted by Gasteiger charge is -2.35. The maximum absolute atomic E-state index is 14.9. The fraction of sp³-hybridized carbons (Fsp3) is 0.347. The number of β-amino-alcohol motifs (C(OH)–C–C–N with tert-alkyl or cyclic N) is 1. The van der Waals surface area contributed by atoms with Crippen LogP contribution in [0.5, 0.6) is 11.5 Å². The molecule has 0 bridgehead atoms. The van der Waals surface area contributed by atoms with Crippen molar-refractivity contribution in [3.63, 3.8) is 0 Å². The first kappa shape index (κ1) is 76.5. The number of rotatable bonds is 30. The normalized spacial score (nSPS) is 15.1. The second kappa shape index (κ2) is 34.2. The highest BCUT2D eigenvalue weighted by Crippen LogP contribution is 2.59. The second-order valence-corrected chi connectivity index (χ2v) is 28.9. The van der Waals surface area contributed by atoms with Gasteiger partial charge in [-0.3, -0.25) is 42.9 Å². The number of phenolic OH excluding ortho intramolecular Hbond substituents is 1. The van der Waals surface area contributed by atoms with Gasteiger partial charge in [-0.25, -0.2) is 4.98 Å². The molecule has 6 atom stereocenters. The molecule has 28 heteroatoms. The number of nitrogens with one attached hydrogen (secondary N) is 7. The van der Waals surface area contributed by atoms with Gasteiger partial charge in [0.2, 0.25) is 35.4 Å². The van der Waals surface area contributed by atoms with Crippen molar-refractivity contribution in [3.05, 3.63) is 205 Å².